The zero-order chi connectivity index (χ0) is 17.1. The van der Waals surface area contributed by atoms with Crippen LogP contribution in [0.25, 0.3) is 5.69 Å². The lowest BCUT2D eigenvalue weighted by Crippen LogP contribution is -2.24. The molecule has 0 aliphatic carbocycles. The normalized spacial score (nSPS) is 13.3. The van der Waals surface area contributed by atoms with Crippen LogP contribution in [0.5, 0.6) is 0 Å². The van der Waals surface area contributed by atoms with Crippen molar-refractivity contribution in [3.8, 4) is 5.69 Å². The summed E-state index contributed by atoms with van der Waals surface area (Å²) >= 11 is 0. The van der Waals surface area contributed by atoms with Crippen LogP contribution in [0, 0.1) is 0 Å². The second-order valence-electron chi connectivity index (χ2n) is 6.25. The van der Waals surface area contributed by atoms with E-state index >= 15 is 0 Å². The fraction of sp³-hybridized carbons (Fsp3) is 0.200. The molecular weight excluding hydrogens is 312 g/mol. The Morgan fingerprint density at radius 2 is 2.04 bits per heavy atom. The number of anilines is 1. The van der Waals surface area contributed by atoms with Crippen LogP contribution < -0.4 is 10.6 Å². The average molecular weight is 332 g/mol. The van der Waals surface area contributed by atoms with E-state index in [1.165, 1.54) is 11.1 Å². The molecule has 0 saturated carbocycles. The predicted molar refractivity (Wildman–Crippen MR) is 97.8 cm³/mol. The number of nitrogens with zero attached hydrogens (tertiary/aromatic N) is 2. The molecule has 0 unspecified atom stereocenters. The highest BCUT2D eigenvalue weighted by atomic mass is 16.1. The van der Waals surface area contributed by atoms with Crippen LogP contribution in [0.2, 0.25) is 0 Å². The fourth-order valence-electron chi connectivity index (χ4n) is 3.14. The fourth-order valence-corrected chi connectivity index (χ4v) is 3.14. The van der Waals surface area contributed by atoms with Gasteiger partial charge in [0.1, 0.15) is 0 Å². The van der Waals surface area contributed by atoms with E-state index in [0.29, 0.717) is 6.42 Å². The summed E-state index contributed by atoms with van der Waals surface area (Å²) in [6, 6.07) is 15.9. The Kier molecular flexibility index (Phi) is 4.31. The van der Waals surface area contributed by atoms with Crippen molar-refractivity contribution in [1.82, 2.24) is 15.1 Å². The van der Waals surface area contributed by atoms with Gasteiger partial charge in [0, 0.05) is 24.6 Å². The summed E-state index contributed by atoms with van der Waals surface area (Å²) in [5.41, 5.74) is 5.46. The Morgan fingerprint density at radius 3 is 2.84 bits per heavy atom. The number of amides is 1. The maximum atomic E-state index is 12.3. The summed E-state index contributed by atoms with van der Waals surface area (Å²) in [4.78, 5) is 12.3. The highest BCUT2D eigenvalue weighted by Gasteiger charge is 2.10. The minimum atomic E-state index is -0.00411. The summed E-state index contributed by atoms with van der Waals surface area (Å²) in [6.45, 7) is 1.89. The van der Waals surface area contributed by atoms with Crippen molar-refractivity contribution in [2.24, 2.45) is 0 Å². The highest BCUT2D eigenvalue weighted by Crippen LogP contribution is 2.19. The van der Waals surface area contributed by atoms with Gasteiger partial charge in [-0.15, -0.1) is 0 Å². The van der Waals surface area contributed by atoms with E-state index in [1.54, 1.807) is 10.9 Å². The zero-order valence-electron chi connectivity index (χ0n) is 13.9. The molecule has 2 aromatic carbocycles. The first-order valence-electron chi connectivity index (χ1n) is 8.49. The van der Waals surface area contributed by atoms with Crippen molar-refractivity contribution in [2.45, 2.75) is 19.4 Å². The second-order valence-corrected chi connectivity index (χ2v) is 6.25. The van der Waals surface area contributed by atoms with Gasteiger partial charge in [-0.25, -0.2) is 4.68 Å². The first-order valence-corrected chi connectivity index (χ1v) is 8.49. The molecule has 0 fully saturated rings. The molecular formula is C20H20N4O. The van der Waals surface area contributed by atoms with Gasteiger partial charge in [0.2, 0.25) is 5.91 Å². The number of aromatic nitrogens is 2. The van der Waals surface area contributed by atoms with Crippen LogP contribution in [0.4, 0.5) is 5.69 Å². The van der Waals surface area contributed by atoms with Gasteiger partial charge in [-0.1, -0.05) is 18.2 Å². The molecule has 4 rings (SSSR count). The Morgan fingerprint density at radius 1 is 1.16 bits per heavy atom. The van der Waals surface area contributed by atoms with Crippen LogP contribution in [0.1, 0.15) is 16.7 Å². The highest BCUT2D eigenvalue weighted by molar-refractivity contribution is 5.92. The van der Waals surface area contributed by atoms with Crippen LogP contribution in [0.3, 0.4) is 0 Å². The van der Waals surface area contributed by atoms with Crippen LogP contribution in [-0.2, 0) is 24.2 Å². The van der Waals surface area contributed by atoms with E-state index in [2.05, 4.69) is 27.9 Å². The van der Waals surface area contributed by atoms with Crippen LogP contribution >= 0.6 is 0 Å². The third-order valence-corrected chi connectivity index (χ3v) is 4.45. The number of fused-ring (bicyclic) bond motifs is 1. The Bertz CT molecular complexity index is 869. The molecule has 0 spiro atoms. The van der Waals surface area contributed by atoms with Crippen molar-refractivity contribution in [3.63, 3.8) is 0 Å². The lowest BCUT2D eigenvalue weighted by atomic mass is 10.0. The van der Waals surface area contributed by atoms with Crippen LogP contribution in [-0.4, -0.2) is 22.2 Å². The number of carbonyl (C=O) groups excluding carboxylic acids is 1. The van der Waals surface area contributed by atoms with Crippen molar-refractivity contribution in [1.29, 1.82) is 0 Å². The van der Waals surface area contributed by atoms with Gasteiger partial charge in [-0.3, -0.25) is 4.79 Å². The third-order valence-electron chi connectivity index (χ3n) is 4.45. The van der Waals surface area contributed by atoms with Gasteiger partial charge in [-0.2, -0.15) is 5.10 Å². The van der Waals surface area contributed by atoms with Gasteiger partial charge in [-0.05, 0) is 60.0 Å². The second kappa shape index (κ2) is 6.91. The average Bonchev–Trinajstić information content (AvgIpc) is 3.17. The summed E-state index contributed by atoms with van der Waals surface area (Å²) in [6.07, 6.45) is 5.04. The topological polar surface area (TPSA) is 59.0 Å². The molecule has 1 aliphatic heterocycles. The quantitative estimate of drug-likeness (QED) is 0.772. The van der Waals surface area contributed by atoms with Gasteiger partial charge in [0.25, 0.3) is 0 Å². The minimum absolute atomic E-state index is 0.00411. The van der Waals surface area contributed by atoms with Gasteiger partial charge >= 0.3 is 0 Å². The number of rotatable bonds is 4. The number of carbonyl (C=O) groups is 1. The van der Waals surface area contributed by atoms with E-state index in [1.807, 2.05) is 42.6 Å². The molecule has 3 aromatic rings. The largest absolute Gasteiger partial charge is 0.326 e. The summed E-state index contributed by atoms with van der Waals surface area (Å²) in [5.74, 6) is -0.00411. The lowest BCUT2D eigenvalue weighted by Gasteiger charge is -2.18. The molecule has 0 bridgehead atoms. The molecule has 0 radical (unpaired) electrons. The SMILES string of the molecule is O=C(Cc1ccc(-n2cccn2)cc1)Nc1ccc2c(c1)CNCC2. The molecule has 0 saturated heterocycles. The number of hydrogen-bond donors (Lipinski definition) is 2. The molecule has 25 heavy (non-hydrogen) atoms. The molecule has 5 nitrogen and oxygen atoms in total. The standard InChI is InChI=1S/C20H20N4O/c25-20(23-18-5-4-16-8-10-21-14-17(16)13-18)12-15-2-6-19(7-3-15)24-11-1-9-22-24/h1-7,9,11,13,21H,8,10,12,14H2,(H,23,25). The molecule has 1 aliphatic rings. The number of nitrogens with one attached hydrogen (secondary N) is 2. The third kappa shape index (κ3) is 3.61. The maximum absolute atomic E-state index is 12.3. The van der Waals surface area contributed by atoms with Gasteiger partial charge < -0.3 is 10.6 Å². The molecule has 2 heterocycles. The molecule has 1 amide bonds. The number of benzene rings is 2. The van der Waals surface area contributed by atoms with E-state index in [4.69, 9.17) is 0 Å². The molecule has 1 aromatic heterocycles. The van der Waals surface area contributed by atoms with Crippen molar-refractivity contribution < 1.29 is 4.79 Å². The van der Waals surface area contributed by atoms with Crippen molar-refractivity contribution in [3.05, 3.63) is 77.6 Å². The first-order chi connectivity index (χ1) is 12.3. The van der Waals surface area contributed by atoms with Crippen molar-refractivity contribution in [2.75, 3.05) is 11.9 Å². The van der Waals surface area contributed by atoms with Crippen molar-refractivity contribution >= 4 is 11.6 Å². The number of hydrogen-bond acceptors (Lipinski definition) is 3. The Labute approximate surface area is 146 Å². The van der Waals surface area contributed by atoms with Gasteiger partial charge in [0.05, 0.1) is 12.1 Å². The lowest BCUT2D eigenvalue weighted by molar-refractivity contribution is -0.115. The predicted octanol–water partition coefficient (Wildman–Crippen LogP) is 2.70. The van der Waals surface area contributed by atoms with E-state index in [0.717, 1.165) is 36.4 Å². The molecule has 2 N–H and O–H groups in total. The molecule has 0 atom stereocenters. The monoisotopic (exact) mass is 332 g/mol. The van der Waals surface area contributed by atoms with E-state index in [9.17, 15) is 4.79 Å². The summed E-state index contributed by atoms with van der Waals surface area (Å²) < 4.78 is 1.80. The Balaban J connectivity index is 1.40. The first kappa shape index (κ1) is 15.6. The summed E-state index contributed by atoms with van der Waals surface area (Å²) in [7, 11) is 0. The molecule has 5 heteroatoms. The Hall–Kier alpha value is -2.92. The zero-order valence-corrected chi connectivity index (χ0v) is 13.9. The van der Waals surface area contributed by atoms with E-state index in [-0.39, 0.29) is 5.91 Å². The summed E-state index contributed by atoms with van der Waals surface area (Å²) in [5, 5.41) is 10.6. The maximum Gasteiger partial charge on any atom is 0.228 e. The van der Waals surface area contributed by atoms with Crippen LogP contribution in [0.15, 0.2) is 60.9 Å². The van der Waals surface area contributed by atoms with E-state index < -0.39 is 0 Å². The molecule has 126 valence electrons. The van der Waals surface area contributed by atoms with Gasteiger partial charge in [0.15, 0.2) is 0 Å². The smallest absolute Gasteiger partial charge is 0.228 e. The minimum Gasteiger partial charge on any atom is -0.326 e.